The summed E-state index contributed by atoms with van der Waals surface area (Å²) in [7, 11) is 0. The van der Waals surface area contributed by atoms with Gasteiger partial charge in [-0.3, -0.25) is 14.9 Å². The molecule has 1 N–H and O–H groups in total. The average Bonchev–Trinajstić information content (AvgIpc) is 2.38. The van der Waals surface area contributed by atoms with Crippen LogP contribution in [0.2, 0.25) is 0 Å². The number of aromatic nitrogens is 1. The number of carbonyl (C=O) groups excluding carboxylic acids is 1. The number of pyridine rings is 1. The summed E-state index contributed by atoms with van der Waals surface area (Å²) in [5, 5.41) is 13.6. The van der Waals surface area contributed by atoms with Gasteiger partial charge in [-0.15, -0.1) is 0 Å². The summed E-state index contributed by atoms with van der Waals surface area (Å²) in [5.41, 5.74) is 0.485. The van der Waals surface area contributed by atoms with E-state index in [0.717, 1.165) is 0 Å². The lowest BCUT2D eigenvalue weighted by Crippen LogP contribution is -2.35. The number of likely N-dealkylation sites (N-methyl/N-ethyl adjacent to an activating group) is 1. The zero-order valence-electron chi connectivity index (χ0n) is 11.3. The van der Waals surface area contributed by atoms with E-state index in [-0.39, 0.29) is 18.1 Å². The molecule has 0 atom stereocenters. The Morgan fingerprint density at radius 1 is 1.47 bits per heavy atom. The molecule has 7 nitrogen and oxygen atoms in total. The molecule has 1 aromatic heterocycles. The van der Waals surface area contributed by atoms with E-state index in [1.54, 1.807) is 11.8 Å². The van der Waals surface area contributed by atoms with Crippen LogP contribution in [-0.4, -0.2) is 40.3 Å². The van der Waals surface area contributed by atoms with E-state index in [1.807, 2.05) is 13.8 Å². The highest BCUT2D eigenvalue weighted by molar-refractivity contribution is 5.80. The Hall–Kier alpha value is -2.18. The second-order valence-corrected chi connectivity index (χ2v) is 4.03. The average molecular weight is 266 g/mol. The molecule has 1 heterocycles. The number of rotatable bonds is 6. The van der Waals surface area contributed by atoms with Crippen LogP contribution in [0.25, 0.3) is 0 Å². The van der Waals surface area contributed by atoms with Crippen LogP contribution in [0.5, 0.6) is 0 Å². The van der Waals surface area contributed by atoms with Crippen molar-refractivity contribution >= 4 is 17.4 Å². The Bertz CT molecular complexity index is 472. The molecular weight excluding hydrogens is 248 g/mol. The number of amides is 1. The lowest BCUT2D eigenvalue weighted by atomic mass is 10.2. The summed E-state index contributed by atoms with van der Waals surface area (Å²) >= 11 is 0. The Kier molecular flexibility index (Phi) is 5.23. The van der Waals surface area contributed by atoms with Gasteiger partial charge in [-0.2, -0.15) is 0 Å². The highest BCUT2D eigenvalue weighted by Crippen LogP contribution is 2.19. The molecule has 0 fully saturated rings. The monoisotopic (exact) mass is 266 g/mol. The molecule has 0 saturated carbocycles. The molecule has 0 aliphatic rings. The first-order valence-electron chi connectivity index (χ1n) is 6.12. The predicted molar refractivity (Wildman–Crippen MR) is 72.0 cm³/mol. The van der Waals surface area contributed by atoms with Crippen LogP contribution in [0.15, 0.2) is 12.3 Å². The van der Waals surface area contributed by atoms with Crippen molar-refractivity contribution in [1.29, 1.82) is 0 Å². The second kappa shape index (κ2) is 6.67. The van der Waals surface area contributed by atoms with Gasteiger partial charge in [-0.1, -0.05) is 0 Å². The van der Waals surface area contributed by atoms with E-state index >= 15 is 0 Å². The first-order valence-corrected chi connectivity index (χ1v) is 6.12. The summed E-state index contributed by atoms with van der Waals surface area (Å²) in [6.07, 6.45) is 1.42. The van der Waals surface area contributed by atoms with Crippen molar-refractivity contribution in [2.45, 2.75) is 20.8 Å². The molecule has 0 spiro atoms. The Balaban J connectivity index is 2.71. The molecule has 7 heteroatoms. The predicted octanol–water partition coefficient (Wildman–Crippen LogP) is 1.58. The molecule has 0 aliphatic carbocycles. The number of anilines is 1. The topological polar surface area (TPSA) is 88.4 Å². The summed E-state index contributed by atoms with van der Waals surface area (Å²) in [6, 6.07) is 1.34. The number of hydrogen-bond donors (Lipinski definition) is 1. The maximum atomic E-state index is 11.8. The fourth-order valence-corrected chi connectivity index (χ4v) is 1.66. The van der Waals surface area contributed by atoms with Crippen LogP contribution < -0.4 is 5.32 Å². The summed E-state index contributed by atoms with van der Waals surface area (Å²) < 4.78 is 0. The lowest BCUT2D eigenvalue weighted by molar-refractivity contribution is -0.385. The molecule has 19 heavy (non-hydrogen) atoms. The van der Waals surface area contributed by atoms with Crippen molar-refractivity contribution in [3.63, 3.8) is 0 Å². The summed E-state index contributed by atoms with van der Waals surface area (Å²) in [4.78, 5) is 27.8. The van der Waals surface area contributed by atoms with Gasteiger partial charge in [0.05, 0.1) is 17.5 Å². The molecule has 0 aliphatic heterocycles. The highest BCUT2D eigenvalue weighted by Gasteiger charge is 2.13. The number of carbonyl (C=O) groups is 1. The number of nitrogens with zero attached hydrogens (tertiary/aromatic N) is 3. The minimum Gasteiger partial charge on any atom is -0.361 e. The molecule has 0 unspecified atom stereocenters. The molecule has 1 rings (SSSR count). The van der Waals surface area contributed by atoms with Crippen LogP contribution in [0.1, 0.15) is 19.4 Å². The van der Waals surface area contributed by atoms with Crippen LogP contribution in [-0.2, 0) is 4.79 Å². The van der Waals surface area contributed by atoms with Crippen molar-refractivity contribution in [3.05, 3.63) is 27.9 Å². The third-order valence-corrected chi connectivity index (χ3v) is 2.81. The molecule has 1 aromatic rings. The van der Waals surface area contributed by atoms with Crippen molar-refractivity contribution in [2.24, 2.45) is 0 Å². The van der Waals surface area contributed by atoms with Crippen molar-refractivity contribution in [1.82, 2.24) is 9.88 Å². The largest absolute Gasteiger partial charge is 0.361 e. The number of nitro groups is 1. The van der Waals surface area contributed by atoms with Gasteiger partial charge in [0.2, 0.25) is 5.91 Å². The van der Waals surface area contributed by atoms with Gasteiger partial charge in [0.15, 0.2) is 0 Å². The lowest BCUT2D eigenvalue weighted by Gasteiger charge is -2.18. The highest BCUT2D eigenvalue weighted by atomic mass is 16.6. The first kappa shape index (κ1) is 14.9. The normalized spacial score (nSPS) is 10.1. The van der Waals surface area contributed by atoms with E-state index in [1.165, 1.54) is 12.3 Å². The maximum Gasteiger partial charge on any atom is 0.277 e. The van der Waals surface area contributed by atoms with Gasteiger partial charge >= 0.3 is 0 Å². The number of nitrogens with one attached hydrogen (secondary N) is 1. The minimum atomic E-state index is -0.464. The standard InChI is InChI=1S/C12H18N4O3/c1-4-15(5-2)12(17)8-14-11-6-10(16(18)19)9(3)7-13-11/h6-7H,4-5,8H2,1-3H3,(H,13,14). The molecule has 0 bridgehead atoms. The minimum absolute atomic E-state index is 0.00668. The van der Waals surface area contributed by atoms with E-state index in [0.29, 0.717) is 24.5 Å². The molecule has 0 radical (unpaired) electrons. The van der Waals surface area contributed by atoms with Crippen molar-refractivity contribution in [3.8, 4) is 0 Å². The van der Waals surface area contributed by atoms with E-state index < -0.39 is 4.92 Å². The Morgan fingerprint density at radius 3 is 2.63 bits per heavy atom. The van der Waals surface area contributed by atoms with Gasteiger partial charge < -0.3 is 10.2 Å². The molecule has 0 saturated heterocycles. The van der Waals surface area contributed by atoms with Gasteiger partial charge in [-0.25, -0.2) is 4.98 Å². The van der Waals surface area contributed by atoms with Gasteiger partial charge in [0.25, 0.3) is 5.69 Å². The van der Waals surface area contributed by atoms with Crippen molar-refractivity contribution in [2.75, 3.05) is 25.0 Å². The number of hydrogen-bond acceptors (Lipinski definition) is 5. The second-order valence-electron chi connectivity index (χ2n) is 4.03. The molecule has 0 aromatic carbocycles. The Labute approximate surface area is 111 Å². The van der Waals surface area contributed by atoms with Gasteiger partial charge in [-0.05, 0) is 20.8 Å². The molecular formula is C12H18N4O3. The molecule has 104 valence electrons. The summed E-state index contributed by atoms with van der Waals surface area (Å²) in [6.45, 7) is 6.77. The van der Waals surface area contributed by atoms with Crippen LogP contribution in [0.3, 0.4) is 0 Å². The smallest absolute Gasteiger partial charge is 0.277 e. The van der Waals surface area contributed by atoms with Crippen molar-refractivity contribution < 1.29 is 9.72 Å². The van der Waals surface area contributed by atoms with E-state index in [2.05, 4.69) is 10.3 Å². The van der Waals surface area contributed by atoms with Crippen LogP contribution in [0.4, 0.5) is 11.5 Å². The summed E-state index contributed by atoms with van der Waals surface area (Å²) in [5.74, 6) is 0.271. The quantitative estimate of drug-likeness (QED) is 0.623. The van der Waals surface area contributed by atoms with E-state index in [9.17, 15) is 14.9 Å². The SMILES string of the molecule is CCN(CC)C(=O)CNc1cc([N+](=O)[O-])c(C)cn1. The third-order valence-electron chi connectivity index (χ3n) is 2.81. The van der Waals surface area contributed by atoms with Crippen LogP contribution >= 0.6 is 0 Å². The van der Waals surface area contributed by atoms with Gasteiger partial charge in [0.1, 0.15) is 5.82 Å². The molecule has 1 amide bonds. The first-order chi connectivity index (χ1) is 8.99. The van der Waals surface area contributed by atoms with Gasteiger partial charge in [0, 0.05) is 24.8 Å². The van der Waals surface area contributed by atoms with E-state index in [4.69, 9.17) is 0 Å². The third kappa shape index (κ3) is 3.90. The Morgan fingerprint density at radius 2 is 2.11 bits per heavy atom. The fourth-order valence-electron chi connectivity index (χ4n) is 1.66. The van der Waals surface area contributed by atoms with Crippen LogP contribution in [0, 0.1) is 17.0 Å². The number of aryl methyl sites for hydroxylation is 1. The zero-order chi connectivity index (χ0) is 14.4. The fraction of sp³-hybridized carbons (Fsp3) is 0.500. The zero-order valence-corrected chi connectivity index (χ0v) is 11.3. The maximum absolute atomic E-state index is 11.8.